The number of aromatic nitrogens is 1. The van der Waals surface area contributed by atoms with Crippen LogP contribution in [0, 0.1) is 0 Å². The fourth-order valence-corrected chi connectivity index (χ4v) is 5.07. The molecule has 1 fully saturated rings. The number of nitrogens with one attached hydrogen (secondary N) is 1. The number of thioether (sulfide) groups is 1. The minimum Gasteiger partial charge on any atom is -0.508 e. The first-order valence-electron chi connectivity index (χ1n) is 9.88. The van der Waals surface area contributed by atoms with E-state index in [9.17, 15) is 39.0 Å². The lowest BCUT2D eigenvalue weighted by molar-refractivity contribution is -0.193. The molecule has 3 atom stereocenters. The van der Waals surface area contributed by atoms with Gasteiger partial charge in [0.15, 0.2) is 0 Å². The van der Waals surface area contributed by atoms with Crippen LogP contribution in [0.15, 0.2) is 34.4 Å². The Morgan fingerprint density at radius 2 is 1.97 bits per heavy atom. The highest BCUT2D eigenvalue weighted by Gasteiger charge is 2.67. The van der Waals surface area contributed by atoms with Crippen molar-refractivity contribution in [1.29, 1.82) is 0 Å². The molecule has 3 heterocycles. The SMILES string of the molecule is COC(=O)C(C(=O)N[C@]1(OC)C(=O)N2C(C(=O)O)=C(COC(C)=O)CS[C@@H]21)n1ccc(O)cc1=O. The van der Waals surface area contributed by atoms with Gasteiger partial charge in [-0.05, 0) is 6.07 Å². The maximum atomic E-state index is 13.1. The highest BCUT2D eigenvalue weighted by Crippen LogP contribution is 2.46. The van der Waals surface area contributed by atoms with Crippen LogP contribution in [0.25, 0.3) is 0 Å². The third-order valence-corrected chi connectivity index (χ3v) is 6.65. The van der Waals surface area contributed by atoms with Gasteiger partial charge in [0.25, 0.3) is 23.1 Å². The number of carboxylic acids is 1. The van der Waals surface area contributed by atoms with Crippen LogP contribution in [0.2, 0.25) is 0 Å². The lowest BCUT2D eigenvalue weighted by Crippen LogP contribution is -2.81. The fourth-order valence-electron chi connectivity index (χ4n) is 3.65. The van der Waals surface area contributed by atoms with Crippen LogP contribution < -0.4 is 10.9 Å². The van der Waals surface area contributed by atoms with Crippen molar-refractivity contribution in [3.8, 4) is 5.75 Å². The number of aromatic hydroxyl groups is 1. The first kappa shape index (κ1) is 25.8. The third-order valence-electron chi connectivity index (χ3n) is 5.28. The number of pyridine rings is 1. The number of methoxy groups -OCH3 is 2. The van der Waals surface area contributed by atoms with Gasteiger partial charge in [-0.15, -0.1) is 11.8 Å². The predicted molar refractivity (Wildman–Crippen MR) is 116 cm³/mol. The minimum absolute atomic E-state index is 0.0300. The summed E-state index contributed by atoms with van der Waals surface area (Å²) in [5.41, 5.74) is -3.22. The van der Waals surface area contributed by atoms with Crippen LogP contribution in [0.4, 0.5) is 0 Å². The molecule has 3 N–H and O–H groups in total. The van der Waals surface area contributed by atoms with Crippen LogP contribution in [0.5, 0.6) is 5.75 Å². The Labute approximate surface area is 201 Å². The quantitative estimate of drug-likeness (QED) is 0.159. The van der Waals surface area contributed by atoms with Gasteiger partial charge in [0.1, 0.15) is 23.4 Å². The molecule has 1 aromatic rings. The molecular formula is C20H21N3O11S. The van der Waals surface area contributed by atoms with E-state index in [0.29, 0.717) is 4.57 Å². The second-order valence-corrected chi connectivity index (χ2v) is 8.43. The number of amides is 2. The molecule has 3 rings (SSSR count). The predicted octanol–water partition coefficient (Wildman–Crippen LogP) is -1.46. The topological polar surface area (TPSA) is 191 Å². The molecule has 0 spiro atoms. The molecule has 1 unspecified atom stereocenters. The van der Waals surface area contributed by atoms with E-state index < -0.39 is 63.9 Å². The number of hydrogen-bond donors (Lipinski definition) is 3. The van der Waals surface area contributed by atoms with E-state index >= 15 is 0 Å². The molecule has 2 aliphatic heterocycles. The zero-order valence-electron chi connectivity index (χ0n) is 18.7. The molecule has 0 aliphatic carbocycles. The fraction of sp³-hybridized carbons (Fsp3) is 0.400. The van der Waals surface area contributed by atoms with Crippen molar-refractivity contribution in [2.45, 2.75) is 24.1 Å². The average molecular weight is 511 g/mol. The number of nitrogens with zero attached hydrogens (tertiary/aromatic N) is 2. The molecule has 1 saturated heterocycles. The number of ether oxygens (including phenoxy) is 3. The first-order chi connectivity index (χ1) is 16.5. The third kappa shape index (κ3) is 4.46. The minimum atomic E-state index is -2.07. The second-order valence-electron chi connectivity index (χ2n) is 7.36. The standard InChI is InChI=1S/C20H21N3O11S/c1-9(24)34-7-10-8-35-19-20(33-3,18(31)23(19)13(10)16(28)29)21-15(27)14(17(30)32-2)22-5-4-11(25)6-12(22)26/h4-6,14,19,25H,7-8H2,1-3H3,(H,21,27)(H,28,29)/t14?,19-,20+/m1/s1. The van der Waals surface area contributed by atoms with Crippen LogP contribution in [0.3, 0.4) is 0 Å². The summed E-state index contributed by atoms with van der Waals surface area (Å²) in [5, 5.41) is 20.4. The lowest BCUT2D eigenvalue weighted by Gasteiger charge is -2.55. The van der Waals surface area contributed by atoms with Crippen molar-refractivity contribution in [2.75, 3.05) is 26.6 Å². The Kier molecular flexibility index (Phi) is 7.21. The van der Waals surface area contributed by atoms with Crippen LogP contribution in [-0.4, -0.2) is 87.1 Å². The van der Waals surface area contributed by atoms with Gasteiger partial charge in [0.2, 0.25) is 6.04 Å². The number of β-lactam (4-membered cyclic amide) rings is 1. The Balaban J connectivity index is 1.94. The number of esters is 2. The zero-order valence-corrected chi connectivity index (χ0v) is 19.5. The van der Waals surface area contributed by atoms with Gasteiger partial charge < -0.3 is 29.7 Å². The molecule has 15 heteroatoms. The van der Waals surface area contributed by atoms with Crippen molar-refractivity contribution < 1.29 is 48.4 Å². The zero-order chi connectivity index (χ0) is 26.1. The van der Waals surface area contributed by atoms with Gasteiger partial charge in [0.05, 0.1) is 7.11 Å². The number of carboxylic acid groups (broad SMARTS) is 1. The normalized spacial score (nSPS) is 22.0. The summed E-state index contributed by atoms with van der Waals surface area (Å²) >= 11 is 1.03. The number of rotatable bonds is 8. The highest BCUT2D eigenvalue weighted by molar-refractivity contribution is 8.00. The van der Waals surface area contributed by atoms with Crippen LogP contribution in [-0.2, 0) is 38.2 Å². The molecule has 0 aromatic carbocycles. The lowest BCUT2D eigenvalue weighted by atomic mass is 9.97. The Hall–Kier alpha value is -3.85. The van der Waals surface area contributed by atoms with Crippen LogP contribution >= 0.6 is 11.8 Å². The molecule has 0 saturated carbocycles. The van der Waals surface area contributed by atoms with E-state index in [0.717, 1.165) is 56.1 Å². The first-order valence-corrected chi connectivity index (χ1v) is 10.9. The maximum Gasteiger partial charge on any atom is 0.352 e. The number of carbonyl (C=O) groups is 5. The van der Waals surface area contributed by atoms with Crippen molar-refractivity contribution in [2.24, 2.45) is 0 Å². The van der Waals surface area contributed by atoms with Gasteiger partial charge in [-0.1, -0.05) is 0 Å². The summed E-state index contributed by atoms with van der Waals surface area (Å²) in [4.78, 5) is 74.9. The maximum absolute atomic E-state index is 13.1. The Morgan fingerprint density at radius 1 is 1.29 bits per heavy atom. The van der Waals surface area contributed by atoms with Crippen molar-refractivity contribution in [3.05, 3.63) is 40.0 Å². The van der Waals surface area contributed by atoms with E-state index in [-0.39, 0.29) is 17.9 Å². The summed E-state index contributed by atoms with van der Waals surface area (Å²) in [6.45, 7) is 0.804. The summed E-state index contributed by atoms with van der Waals surface area (Å²) in [5.74, 6) is -5.70. The van der Waals surface area contributed by atoms with Gasteiger partial charge in [-0.25, -0.2) is 9.59 Å². The molecule has 0 bridgehead atoms. The van der Waals surface area contributed by atoms with Crippen molar-refractivity contribution in [1.82, 2.24) is 14.8 Å². The Bertz CT molecular complexity index is 1190. The molecule has 2 amide bonds. The molecule has 188 valence electrons. The number of carbonyl (C=O) groups excluding carboxylic acids is 4. The van der Waals surface area contributed by atoms with E-state index in [2.05, 4.69) is 10.1 Å². The summed E-state index contributed by atoms with van der Waals surface area (Å²) < 4.78 is 15.5. The molecule has 2 aliphatic rings. The van der Waals surface area contributed by atoms with Gasteiger partial charge in [-0.2, -0.15) is 0 Å². The van der Waals surface area contributed by atoms with E-state index in [4.69, 9.17) is 9.47 Å². The number of hydrogen-bond acceptors (Lipinski definition) is 11. The van der Waals surface area contributed by atoms with Gasteiger partial charge in [-0.3, -0.25) is 28.6 Å². The number of fused-ring (bicyclic) bond motifs is 1. The summed E-state index contributed by atoms with van der Waals surface area (Å²) in [7, 11) is 2.09. The van der Waals surface area contributed by atoms with E-state index in [1.54, 1.807) is 0 Å². The largest absolute Gasteiger partial charge is 0.508 e. The second kappa shape index (κ2) is 9.79. The van der Waals surface area contributed by atoms with Gasteiger partial charge in [0, 0.05) is 37.6 Å². The van der Waals surface area contributed by atoms with Crippen molar-refractivity contribution >= 4 is 41.5 Å². The smallest absolute Gasteiger partial charge is 0.352 e. The van der Waals surface area contributed by atoms with E-state index in [1.165, 1.54) is 0 Å². The summed E-state index contributed by atoms with van der Waals surface area (Å²) in [6, 6.07) is -0.0418. The molecule has 0 radical (unpaired) electrons. The molecular weight excluding hydrogens is 490 g/mol. The summed E-state index contributed by atoms with van der Waals surface area (Å²) in [6.07, 6.45) is 0.995. The highest BCUT2D eigenvalue weighted by atomic mass is 32.2. The van der Waals surface area contributed by atoms with Gasteiger partial charge >= 0.3 is 17.9 Å². The number of aliphatic carboxylic acids is 1. The van der Waals surface area contributed by atoms with E-state index in [1.807, 2.05) is 0 Å². The molecule has 1 aromatic heterocycles. The average Bonchev–Trinajstić information content (AvgIpc) is 2.81. The Morgan fingerprint density at radius 3 is 2.51 bits per heavy atom. The van der Waals surface area contributed by atoms with Crippen molar-refractivity contribution in [3.63, 3.8) is 0 Å². The van der Waals surface area contributed by atoms with Crippen LogP contribution in [0.1, 0.15) is 13.0 Å². The molecule has 35 heavy (non-hydrogen) atoms. The molecule has 14 nitrogen and oxygen atoms in total. The monoisotopic (exact) mass is 511 g/mol.